The van der Waals surface area contributed by atoms with E-state index < -0.39 is 29.6 Å². The lowest BCUT2D eigenvalue weighted by Gasteiger charge is -2.21. The standard InChI is InChI=1S/C22H26FNO6/c1-24(13-14-7-9-15(23)10-8-14)21(27)30-16-5-4-6-17-18(12-11-16)22(17,19(25)28-2)20(26)29-3/h4-5,7-10,16-18H,6,11-13H2,1-3H3/b5-4-/t16-,17-,18+/m0/s1. The van der Waals surface area contributed by atoms with Gasteiger partial charge in [-0.15, -0.1) is 0 Å². The summed E-state index contributed by atoms with van der Waals surface area (Å²) in [4.78, 5) is 38.6. The lowest BCUT2D eigenvalue weighted by Crippen LogP contribution is -2.32. The number of fused-ring (bicyclic) bond motifs is 1. The van der Waals surface area contributed by atoms with E-state index in [1.54, 1.807) is 25.3 Å². The van der Waals surface area contributed by atoms with Crippen molar-refractivity contribution in [2.24, 2.45) is 17.3 Å². The first-order valence-corrected chi connectivity index (χ1v) is 9.84. The van der Waals surface area contributed by atoms with Crippen molar-refractivity contribution in [3.8, 4) is 0 Å². The van der Waals surface area contributed by atoms with Gasteiger partial charge < -0.3 is 19.1 Å². The summed E-state index contributed by atoms with van der Waals surface area (Å²) in [5, 5.41) is 0. The number of carbonyl (C=O) groups is 3. The van der Waals surface area contributed by atoms with Gasteiger partial charge in [0.1, 0.15) is 11.9 Å². The molecule has 1 fully saturated rings. The first-order chi connectivity index (χ1) is 14.3. The third-order valence-electron chi connectivity index (χ3n) is 5.99. The summed E-state index contributed by atoms with van der Waals surface area (Å²) in [5.74, 6) is -1.87. The van der Waals surface area contributed by atoms with E-state index in [1.807, 2.05) is 6.08 Å². The summed E-state index contributed by atoms with van der Waals surface area (Å²) >= 11 is 0. The third-order valence-corrected chi connectivity index (χ3v) is 5.99. The van der Waals surface area contributed by atoms with Gasteiger partial charge in [0.05, 0.1) is 14.2 Å². The Morgan fingerprint density at radius 2 is 1.70 bits per heavy atom. The Morgan fingerprint density at radius 3 is 2.30 bits per heavy atom. The lowest BCUT2D eigenvalue weighted by atomic mass is 10.00. The molecule has 1 aromatic rings. The maximum atomic E-state index is 13.0. The Labute approximate surface area is 174 Å². The fourth-order valence-corrected chi connectivity index (χ4v) is 4.41. The topological polar surface area (TPSA) is 82.1 Å². The molecule has 2 aliphatic carbocycles. The van der Waals surface area contributed by atoms with Crippen LogP contribution in [0.1, 0.15) is 24.8 Å². The molecule has 1 amide bonds. The van der Waals surface area contributed by atoms with Crippen LogP contribution in [0.4, 0.5) is 9.18 Å². The average Bonchev–Trinajstić information content (AvgIpc) is 3.36. The molecule has 0 heterocycles. The second kappa shape index (κ2) is 8.85. The van der Waals surface area contributed by atoms with Crippen molar-refractivity contribution in [3.05, 3.63) is 47.8 Å². The molecular formula is C22H26FNO6. The SMILES string of the molecule is COC(=O)C1(C(=O)OC)[C@@H]2CC[C@@H](OC(=O)N(C)Cc3ccc(F)cc3)/C=C\C[C@@H]21. The predicted molar refractivity (Wildman–Crippen MR) is 105 cm³/mol. The molecule has 3 rings (SSSR count). The Hall–Kier alpha value is -2.90. The van der Waals surface area contributed by atoms with Crippen LogP contribution in [0.5, 0.6) is 0 Å². The van der Waals surface area contributed by atoms with E-state index in [0.29, 0.717) is 19.3 Å². The van der Waals surface area contributed by atoms with E-state index in [-0.39, 0.29) is 24.2 Å². The Bertz CT molecular complexity index is 821. The highest BCUT2D eigenvalue weighted by atomic mass is 19.1. The average molecular weight is 419 g/mol. The number of benzene rings is 1. The molecular weight excluding hydrogens is 393 g/mol. The molecule has 1 saturated carbocycles. The minimum atomic E-state index is -1.27. The van der Waals surface area contributed by atoms with Gasteiger partial charge in [-0.3, -0.25) is 9.59 Å². The minimum Gasteiger partial charge on any atom is -0.468 e. The maximum Gasteiger partial charge on any atom is 0.410 e. The second-order valence-electron chi connectivity index (χ2n) is 7.71. The van der Waals surface area contributed by atoms with Gasteiger partial charge in [-0.1, -0.05) is 18.2 Å². The van der Waals surface area contributed by atoms with Gasteiger partial charge in [-0.25, -0.2) is 9.18 Å². The molecule has 0 radical (unpaired) electrons. The molecule has 0 N–H and O–H groups in total. The van der Waals surface area contributed by atoms with E-state index in [2.05, 4.69) is 0 Å². The molecule has 162 valence electrons. The molecule has 8 heteroatoms. The zero-order valence-electron chi connectivity index (χ0n) is 17.3. The summed E-state index contributed by atoms with van der Waals surface area (Å²) in [6.45, 7) is 0.286. The smallest absolute Gasteiger partial charge is 0.410 e. The van der Waals surface area contributed by atoms with Crippen LogP contribution in [-0.4, -0.2) is 50.3 Å². The molecule has 1 aromatic carbocycles. The minimum absolute atomic E-state index is 0.175. The van der Waals surface area contributed by atoms with Crippen molar-refractivity contribution >= 4 is 18.0 Å². The van der Waals surface area contributed by atoms with Crippen LogP contribution in [0.2, 0.25) is 0 Å². The summed E-state index contributed by atoms with van der Waals surface area (Å²) < 4.78 is 28.4. The third kappa shape index (κ3) is 4.04. The first kappa shape index (κ1) is 21.8. The van der Waals surface area contributed by atoms with Crippen molar-refractivity contribution in [1.29, 1.82) is 0 Å². The Balaban J connectivity index is 1.60. The number of amides is 1. The fraction of sp³-hybridized carbons (Fsp3) is 0.500. The van der Waals surface area contributed by atoms with Gasteiger partial charge >= 0.3 is 18.0 Å². The van der Waals surface area contributed by atoms with Gasteiger partial charge in [-0.2, -0.15) is 0 Å². The Morgan fingerprint density at radius 1 is 1.07 bits per heavy atom. The highest BCUT2D eigenvalue weighted by molar-refractivity contribution is 6.04. The van der Waals surface area contributed by atoms with Gasteiger partial charge in [0.15, 0.2) is 5.41 Å². The number of halogens is 1. The first-order valence-electron chi connectivity index (χ1n) is 9.84. The maximum absolute atomic E-state index is 13.0. The fourth-order valence-electron chi connectivity index (χ4n) is 4.41. The number of rotatable bonds is 5. The highest BCUT2D eigenvalue weighted by Crippen LogP contribution is 2.64. The molecule has 0 bridgehead atoms. The number of esters is 2. The van der Waals surface area contributed by atoms with Crippen LogP contribution < -0.4 is 0 Å². The van der Waals surface area contributed by atoms with Crippen LogP contribution in [0.25, 0.3) is 0 Å². The van der Waals surface area contributed by atoms with Crippen LogP contribution in [0.15, 0.2) is 36.4 Å². The zero-order chi connectivity index (χ0) is 21.9. The van der Waals surface area contributed by atoms with Crippen LogP contribution in [0.3, 0.4) is 0 Å². The van der Waals surface area contributed by atoms with Crippen LogP contribution in [0, 0.1) is 23.1 Å². The van der Waals surface area contributed by atoms with E-state index in [4.69, 9.17) is 14.2 Å². The highest BCUT2D eigenvalue weighted by Gasteiger charge is 2.75. The normalized spacial score (nSPS) is 25.0. The van der Waals surface area contributed by atoms with Gasteiger partial charge in [0.2, 0.25) is 0 Å². The summed E-state index contributed by atoms with van der Waals surface area (Å²) in [7, 11) is 4.13. The molecule has 3 atom stereocenters. The van der Waals surface area contributed by atoms with Crippen molar-refractivity contribution in [3.63, 3.8) is 0 Å². The zero-order valence-corrected chi connectivity index (χ0v) is 17.3. The number of carbonyl (C=O) groups excluding carboxylic acids is 3. The Kier molecular flexibility index (Phi) is 6.43. The van der Waals surface area contributed by atoms with Crippen molar-refractivity contribution in [1.82, 2.24) is 4.90 Å². The number of hydrogen-bond donors (Lipinski definition) is 0. The van der Waals surface area contributed by atoms with E-state index in [9.17, 15) is 18.8 Å². The molecule has 0 saturated heterocycles. The molecule has 0 aromatic heterocycles. The van der Waals surface area contributed by atoms with E-state index in [1.165, 1.54) is 31.3 Å². The second-order valence-corrected chi connectivity index (χ2v) is 7.71. The molecule has 7 nitrogen and oxygen atoms in total. The number of hydrogen-bond acceptors (Lipinski definition) is 6. The van der Waals surface area contributed by atoms with Crippen molar-refractivity contribution < 1.29 is 33.0 Å². The van der Waals surface area contributed by atoms with Gasteiger partial charge in [-0.05, 0) is 54.9 Å². The monoisotopic (exact) mass is 419 g/mol. The predicted octanol–water partition coefficient (Wildman–Crippen LogP) is 3.08. The van der Waals surface area contributed by atoms with Gasteiger partial charge in [0, 0.05) is 13.6 Å². The molecule has 2 aliphatic rings. The molecule has 0 spiro atoms. The largest absolute Gasteiger partial charge is 0.468 e. The van der Waals surface area contributed by atoms with Gasteiger partial charge in [0.25, 0.3) is 0 Å². The van der Waals surface area contributed by atoms with E-state index in [0.717, 1.165) is 5.56 Å². The lowest BCUT2D eigenvalue weighted by molar-refractivity contribution is -0.163. The summed E-state index contributed by atoms with van der Waals surface area (Å²) in [6, 6.07) is 5.91. The number of allylic oxidation sites excluding steroid dienone is 1. The number of methoxy groups -OCH3 is 2. The number of ether oxygens (including phenoxy) is 3. The van der Waals surface area contributed by atoms with Crippen LogP contribution >= 0.6 is 0 Å². The van der Waals surface area contributed by atoms with Crippen molar-refractivity contribution in [2.75, 3.05) is 21.3 Å². The summed E-state index contributed by atoms with van der Waals surface area (Å²) in [5.41, 5.74) is -0.489. The molecule has 0 aliphatic heterocycles. The number of nitrogens with zero attached hydrogens (tertiary/aromatic N) is 1. The van der Waals surface area contributed by atoms with Crippen LogP contribution in [-0.2, 0) is 30.3 Å². The van der Waals surface area contributed by atoms with E-state index >= 15 is 0 Å². The summed E-state index contributed by atoms with van der Waals surface area (Å²) in [6.07, 6.45) is 4.15. The molecule has 0 unspecified atom stereocenters. The van der Waals surface area contributed by atoms with Crippen molar-refractivity contribution in [2.45, 2.75) is 31.9 Å². The quantitative estimate of drug-likeness (QED) is 0.316. The molecule has 30 heavy (non-hydrogen) atoms.